The summed E-state index contributed by atoms with van der Waals surface area (Å²) in [7, 11) is 0. The largest absolute Gasteiger partial charge is 0.462 e. The van der Waals surface area contributed by atoms with Crippen LogP contribution in [-0.4, -0.2) is 30.9 Å². The van der Waals surface area contributed by atoms with Crippen molar-refractivity contribution in [1.29, 1.82) is 0 Å². The first-order valence-electron chi connectivity index (χ1n) is 4.54. The lowest BCUT2D eigenvalue weighted by atomic mass is 10.1. The number of esters is 2. The second kappa shape index (κ2) is 4.95. The summed E-state index contributed by atoms with van der Waals surface area (Å²) < 4.78 is 15.0. The lowest BCUT2D eigenvalue weighted by Gasteiger charge is -2.28. The van der Waals surface area contributed by atoms with Crippen molar-refractivity contribution in [2.45, 2.75) is 39.1 Å². The Hall–Kier alpha value is -1.10. The zero-order chi connectivity index (χ0) is 10.6. The SMILES string of the molecule is CC(=O)OC1CCO[C@@H](OC(C)=O)C1. The minimum Gasteiger partial charge on any atom is -0.462 e. The lowest BCUT2D eigenvalue weighted by molar-refractivity contribution is -0.199. The summed E-state index contributed by atoms with van der Waals surface area (Å²) in [5.74, 6) is -0.711. The molecule has 0 radical (unpaired) electrons. The molecule has 0 amide bonds. The van der Waals surface area contributed by atoms with Gasteiger partial charge in [0.05, 0.1) is 6.61 Å². The second-order valence-electron chi connectivity index (χ2n) is 3.17. The number of hydrogen-bond acceptors (Lipinski definition) is 5. The molecule has 0 aliphatic carbocycles. The smallest absolute Gasteiger partial charge is 0.304 e. The van der Waals surface area contributed by atoms with Gasteiger partial charge in [-0.2, -0.15) is 0 Å². The van der Waals surface area contributed by atoms with Crippen molar-refractivity contribution in [2.75, 3.05) is 6.61 Å². The zero-order valence-corrected chi connectivity index (χ0v) is 8.32. The fourth-order valence-electron chi connectivity index (χ4n) is 1.34. The molecular weight excluding hydrogens is 188 g/mol. The van der Waals surface area contributed by atoms with Crippen LogP contribution in [0.25, 0.3) is 0 Å². The number of rotatable bonds is 2. The van der Waals surface area contributed by atoms with Crippen LogP contribution >= 0.6 is 0 Å². The molecule has 2 atom stereocenters. The minimum absolute atomic E-state index is 0.203. The topological polar surface area (TPSA) is 61.8 Å². The molecule has 1 aliphatic rings. The van der Waals surface area contributed by atoms with Gasteiger partial charge < -0.3 is 14.2 Å². The van der Waals surface area contributed by atoms with Gasteiger partial charge in [-0.1, -0.05) is 0 Å². The van der Waals surface area contributed by atoms with Crippen LogP contribution in [0.1, 0.15) is 26.7 Å². The summed E-state index contributed by atoms with van der Waals surface area (Å²) in [6, 6.07) is 0. The van der Waals surface area contributed by atoms with E-state index in [1.54, 1.807) is 0 Å². The van der Waals surface area contributed by atoms with E-state index in [1.807, 2.05) is 0 Å². The van der Waals surface area contributed by atoms with E-state index in [0.29, 0.717) is 19.4 Å². The number of carbonyl (C=O) groups is 2. The van der Waals surface area contributed by atoms with Crippen LogP contribution in [0.2, 0.25) is 0 Å². The Kier molecular flexibility index (Phi) is 3.88. The van der Waals surface area contributed by atoms with Crippen LogP contribution in [0.5, 0.6) is 0 Å². The van der Waals surface area contributed by atoms with Crippen molar-refractivity contribution in [3.8, 4) is 0 Å². The van der Waals surface area contributed by atoms with Crippen LogP contribution < -0.4 is 0 Å². The molecule has 1 unspecified atom stereocenters. The number of ether oxygens (including phenoxy) is 3. The Morgan fingerprint density at radius 2 is 1.86 bits per heavy atom. The van der Waals surface area contributed by atoms with Gasteiger partial charge in [0.25, 0.3) is 0 Å². The summed E-state index contributed by atoms with van der Waals surface area (Å²) >= 11 is 0. The monoisotopic (exact) mass is 202 g/mol. The van der Waals surface area contributed by atoms with Gasteiger partial charge in [-0.25, -0.2) is 0 Å². The highest BCUT2D eigenvalue weighted by Gasteiger charge is 2.26. The lowest BCUT2D eigenvalue weighted by Crippen LogP contribution is -2.34. The average Bonchev–Trinajstić information content (AvgIpc) is 2.01. The van der Waals surface area contributed by atoms with Crippen LogP contribution in [0.15, 0.2) is 0 Å². The van der Waals surface area contributed by atoms with E-state index in [9.17, 15) is 9.59 Å². The number of carbonyl (C=O) groups excluding carboxylic acids is 2. The molecule has 5 nitrogen and oxygen atoms in total. The highest BCUT2D eigenvalue weighted by atomic mass is 16.7. The Labute approximate surface area is 82.3 Å². The number of hydrogen-bond donors (Lipinski definition) is 0. The van der Waals surface area contributed by atoms with E-state index in [2.05, 4.69) is 0 Å². The first kappa shape index (κ1) is 11.0. The molecule has 80 valence electrons. The maximum Gasteiger partial charge on any atom is 0.304 e. The van der Waals surface area contributed by atoms with Crippen molar-refractivity contribution in [3.05, 3.63) is 0 Å². The molecule has 1 aliphatic heterocycles. The third-order valence-electron chi connectivity index (χ3n) is 1.83. The van der Waals surface area contributed by atoms with E-state index >= 15 is 0 Å². The molecule has 1 rings (SSSR count). The predicted molar refractivity (Wildman–Crippen MR) is 46.3 cm³/mol. The summed E-state index contributed by atoms with van der Waals surface area (Å²) in [6.07, 6.45) is 0.285. The van der Waals surface area contributed by atoms with E-state index < -0.39 is 12.3 Å². The van der Waals surface area contributed by atoms with Gasteiger partial charge in [-0.15, -0.1) is 0 Å². The highest BCUT2D eigenvalue weighted by Crippen LogP contribution is 2.17. The first-order valence-corrected chi connectivity index (χ1v) is 4.54. The summed E-state index contributed by atoms with van der Waals surface area (Å²) in [5, 5.41) is 0. The van der Waals surface area contributed by atoms with Crippen molar-refractivity contribution in [1.82, 2.24) is 0 Å². The third kappa shape index (κ3) is 3.74. The normalized spacial score (nSPS) is 26.7. The maximum atomic E-state index is 10.7. The van der Waals surface area contributed by atoms with Gasteiger partial charge >= 0.3 is 11.9 Å². The van der Waals surface area contributed by atoms with Crippen LogP contribution in [0.4, 0.5) is 0 Å². The van der Waals surface area contributed by atoms with Crippen molar-refractivity contribution in [3.63, 3.8) is 0 Å². The highest BCUT2D eigenvalue weighted by molar-refractivity contribution is 5.66. The molecule has 0 aromatic heterocycles. The molecule has 5 heteroatoms. The van der Waals surface area contributed by atoms with Gasteiger partial charge in [0.15, 0.2) is 0 Å². The second-order valence-corrected chi connectivity index (χ2v) is 3.17. The summed E-state index contributed by atoms with van der Waals surface area (Å²) in [4.78, 5) is 21.3. The van der Waals surface area contributed by atoms with Crippen LogP contribution in [0, 0.1) is 0 Å². The molecule has 0 bridgehead atoms. The van der Waals surface area contributed by atoms with Crippen molar-refractivity contribution < 1.29 is 23.8 Å². The Bertz CT molecular complexity index is 203. The standard InChI is InChI=1S/C9H14O5/c1-6(10)13-8-3-4-12-9(5-8)14-7(2)11/h8-9H,3-5H2,1-2H3/t8?,9-/m0/s1. The zero-order valence-electron chi connectivity index (χ0n) is 8.32. The minimum atomic E-state index is -0.578. The molecule has 0 aromatic carbocycles. The first-order chi connectivity index (χ1) is 6.58. The Morgan fingerprint density at radius 1 is 1.21 bits per heavy atom. The molecule has 14 heavy (non-hydrogen) atoms. The quantitative estimate of drug-likeness (QED) is 0.614. The van der Waals surface area contributed by atoms with E-state index in [4.69, 9.17) is 14.2 Å². The molecule has 0 saturated carbocycles. The van der Waals surface area contributed by atoms with Crippen LogP contribution in [-0.2, 0) is 23.8 Å². The average molecular weight is 202 g/mol. The van der Waals surface area contributed by atoms with Crippen molar-refractivity contribution in [2.24, 2.45) is 0 Å². The third-order valence-corrected chi connectivity index (χ3v) is 1.83. The summed E-state index contributed by atoms with van der Waals surface area (Å²) in [5.41, 5.74) is 0. The maximum absolute atomic E-state index is 10.7. The van der Waals surface area contributed by atoms with E-state index in [0.717, 1.165) is 0 Å². The van der Waals surface area contributed by atoms with Gasteiger partial charge in [0.2, 0.25) is 6.29 Å². The molecule has 1 fully saturated rings. The van der Waals surface area contributed by atoms with Crippen molar-refractivity contribution >= 4 is 11.9 Å². The van der Waals surface area contributed by atoms with Gasteiger partial charge in [0.1, 0.15) is 6.10 Å². The molecule has 0 aromatic rings. The molecule has 1 heterocycles. The fourth-order valence-corrected chi connectivity index (χ4v) is 1.34. The molecule has 0 spiro atoms. The molecule has 0 N–H and O–H groups in total. The Morgan fingerprint density at radius 3 is 2.43 bits per heavy atom. The van der Waals surface area contributed by atoms with Gasteiger partial charge in [-0.05, 0) is 0 Å². The Balaban J connectivity index is 2.35. The predicted octanol–water partition coefficient (Wildman–Crippen LogP) is 0.618. The fraction of sp³-hybridized carbons (Fsp3) is 0.778. The molecule has 1 saturated heterocycles. The van der Waals surface area contributed by atoms with Gasteiger partial charge in [-0.3, -0.25) is 9.59 Å². The summed E-state index contributed by atoms with van der Waals surface area (Å²) in [6.45, 7) is 3.12. The van der Waals surface area contributed by atoms with Crippen LogP contribution in [0.3, 0.4) is 0 Å². The van der Waals surface area contributed by atoms with Gasteiger partial charge in [0, 0.05) is 26.7 Å². The van der Waals surface area contributed by atoms with E-state index in [1.165, 1.54) is 13.8 Å². The molecular formula is C9H14O5. The van der Waals surface area contributed by atoms with E-state index in [-0.39, 0.29) is 12.1 Å².